The highest BCUT2D eigenvalue weighted by Crippen LogP contribution is 2.23. The number of halogens is 2. The number of aromatic nitrogens is 3. The number of carbonyl (C=O) groups excluding carboxylic acids is 1. The summed E-state index contributed by atoms with van der Waals surface area (Å²) in [6, 6.07) is 3.41. The maximum absolute atomic E-state index is 12.3. The second-order valence-electron chi connectivity index (χ2n) is 6.88. The van der Waals surface area contributed by atoms with E-state index in [2.05, 4.69) is 25.8 Å². The van der Waals surface area contributed by atoms with Gasteiger partial charge in [0.05, 0.1) is 0 Å². The first-order valence-corrected chi connectivity index (χ1v) is 8.87. The maximum Gasteiger partial charge on any atom is 0.249 e. The summed E-state index contributed by atoms with van der Waals surface area (Å²) < 4.78 is 5.41. The van der Waals surface area contributed by atoms with Crippen molar-refractivity contribution in [2.75, 3.05) is 13.1 Å². The van der Waals surface area contributed by atoms with Crippen LogP contribution in [0.4, 0.5) is 0 Å². The van der Waals surface area contributed by atoms with E-state index in [1.807, 2.05) is 26.0 Å². The Balaban J connectivity index is 0.00000182. The monoisotopic (exact) mass is 415 g/mol. The van der Waals surface area contributed by atoms with Gasteiger partial charge in [0.15, 0.2) is 0 Å². The summed E-state index contributed by atoms with van der Waals surface area (Å²) in [6.45, 7) is 6.12. The van der Waals surface area contributed by atoms with Gasteiger partial charge in [-0.3, -0.25) is 9.78 Å². The fourth-order valence-corrected chi connectivity index (χ4v) is 3.03. The lowest BCUT2D eigenvalue weighted by atomic mass is 10.0. The SMILES string of the molecule is CC(C)C(NC(=O)CCC1CCNC1)c1nc(-c2cccnc2)no1.Cl.Cl. The molecule has 0 aromatic carbocycles. The molecule has 3 heterocycles. The Bertz CT molecular complexity index is 690. The van der Waals surface area contributed by atoms with Crippen LogP contribution in [0.3, 0.4) is 0 Å². The first kappa shape index (κ1) is 23.3. The Kier molecular flexibility index (Phi) is 9.69. The molecule has 3 rings (SSSR count). The Morgan fingerprint density at radius 2 is 2.22 bits per heavy atom. The fourth-order valence-electron chi connectivity index (χ4n) is 3.03. The normalized spacial score (nSPS) is 17.1. The molecule has 0 saturated carbocycles. The second-order valence-corrected chi connectivity index (χ2v) is 6.88. The van der Waals surface area contributed by atoms with Gasteiger partial charge >= 0.3 is 0 Å². The average Bonchev–Trinajstić information content (AvgIpc) is 3.30. The van der Waals surface area contributed by atoms with Crippen LogP contribution >= 0.6 is 24.8 Å². The molecule has 2 atom stereocenters. The van der Waals surface area contributed by atoms with Crippen molar-refractivity contribution >= 4 is 30.7 Å². The number of nitrogens with one attached hydrogen (secondary N) is 2. The summed E-state index contributed by atoms with van der Waals surface area (Å²) in [5, 5.41) is 10.4. The Morgan fingerprint density at radius 3 is 2.85 bits per heavy atom. The van der Waals surface area contributed by atoms with Gasteiger partial charge in [0.25, 0.3) is 0 Å². The molecule has 27 heavy (non-hydrogen) atoms. The molecule has 0 aliphatic carbocycles. The van der Waals surface area contributed by atoms with Crippen LogP contribution in [0.25, 0.3) is 11.4 Å². The van der Waals surface area contributed by atoms with E-state index in [1.54, 1.807) is 12.4 Å². The molecule has 150 valence electrons. The van der Waals surface area contributed by atoms with Crippen LogP contribution in [0.5, 0.6) is 0 Å². The van der Waals surface area contributed by atoms with Crippen molar-refractivity contribution in [3.05, 3.63) is 30.4 Å². The topological polar surface area (TPSA) is 92.9 Å². The molecule has 1 saturated heterocycles. The highest BCUT2D eigenvalue weighted by Gasteiger charge is 2.25. The zero-order chi connectivity index (χ0) is 17.6. The predicted octanol–water partition coefficient (Wildman–Crippen LogP) is 3.18. The molecule has 9 heteroatoms. The third-order valence-corrected chi connectivity index (χ3v) is 4.55. The standard InChI is InChI=1S/C18H25N5O2.2ClH/c1-12(2)16(21-15(24)6-5-13-7-9-20-10-13)18-22-17(23-25-18)14-4-3-8-19-11-14;;/h3-4,8,11-13,16,20H,5-7,9-10H2,1-2H3,(H,21,24);2*1H. The zero-order valence-electron chi connectivity index (χ0n) is 15.6. The lowest BCUT2D eigenvalue weighted by molar-refractivity contribution is -0.122. The predicted molar refractivity (Wildman–Crippen MR) is 108 cm³/mol. The number of nitrogens with zero attached hydrogens (tertiary/aromatic N) is 3. The van der Waals surface area contributed by atoms with E-state index in [0.717, 1.165) is 31.5 Å². The van der Waals surface area contributed by atoms with Gasteiger partial charge in [-0.15, -0.1) is 24.8 Å². The molecule has 0 radical (unpaired) electrons. The van der Waals surface area contributed by atoms with Gasteiger partial charge in [-0.25, -0.2) is 0 Å². The zero-order valence-corrected chi connectivity index (χ0v) is 17.2. The maximum atomic E-state index is 12.3. The van der Waals surface area contributed by atoms with E-state index >= 15 is 0 Å². The third kappa shape index (κ3) is 6.45. The van der Waals surface area contributed by atoms with Crippen molar-refractivity contribution in [2.45, 2.75) is 39.2 Å². The summed E-state index contributed by atoms with van der Waals surface area (Å²) in [7, 11) is 0. The quantitative estimate of drug-likeness (QED) is 0.720. The van der Waals surface area contributed by atoms with Gasteiger partial charge in [0.2, 0.25) is 17.6 Å². The highest BCUT2D eigenvalue weighted by molar-refractivity contribution is 5.85. The van der Waals surface area contributed by atoms with Gasteiger partial charge < -0.3 is 15.2 Å². The fraction of sp³-hybridized carbons (Fsp3) is 0.556. The molecule has 1 aliphatic heterocycles. The molecule has 2 unspecified atom stereocenters. The molecule has 2 N–H and O–H groups in total. The van der Waals surface area contributed by atoms with E-state index in [0.29, 0.717) is 24.1 Å². The van der Waals surface area contributed by atoms with E-state index in [9.17, 15) is 4.79 Å². The van der Waals surface area contributed by atoms with Gasteiger partial charge in [-0.2, -0.15) is 4.98 Å². The molecule has 2 aromatic rings. The van der Waals surface area contributed by atoms with E-state index < -0.39 is 0 Å². The number of hydrogen-bond donors (Lipinski definition) is 2. The minimum atomic E-state index is -0.285. The van der Waals surface area contributed by atoms with Crippen LogP contribution in [0, 0.1) is 11.8 Å². The molecule has 1 amide bonds. The van der Waals surface area contributed by atoms with Crippen molar-refractivity contribution in [3.8, 4) is 11.4 Å². The summed E-state index contributed by atoms with van der Waals surface area (Å²) in [6.07, 6.45) is 5.97. The highest BCUT2D eigenvalue weighted by atomic mass is 35.5. The minimum Gasteiger partial charge on any atom is -0.344 e. The summed E-state index contributed by atoms with van der Waals surface area (Å²) >= 11 is 0. The largest absolute Gasteiger partial charge is 0.344 e. The van der Waals surface area contributed by atoms with Gasteiger partial charge in [-0.05, 0) is 49.9 Å². The van der Waals surface area contributed by atoms with E-state index in [1.165, 1.54) is 0 Å². The van der Waals surface area contributed by atoms with E-state index in [4.69, 9.17) is 4.52 Å². The number of amides is 1. The minimum absolute atomic E-state index is 0. The first-order chi connectivity index (χ1) is 12.1. The Morgan fingerprint density at radius 1 is 1.41 bits per heavy atom. The van der Waals surface area contributed by atoms with Crippen LogP contribution in [-0.2, 0) is 4.79 Å². The second kappa shape index (κ2) is 11.2. The number of carbonyl (C=O) groups is 1. The van der Waals surface area contributed by atoms with Crippen molar-refractivity contribution < 1.29 is 9.32 Å². The van der Waals surface area contributed by atoms with Crippen molar-refractivity contribution in [1.29, 1.82) is 0 Å². The Hall–Kier alpha value is -1.70. The smallest absolute Gasteiger partial charge is 0.249 e. The average molecular weight is 416 g/mol. The van der Waals surface area contributed by atoms with Crippen molar-refractivity contribution in [2.24, 2.45) is 11.8 Å². The van der Waals surface area contributed by atoms with Crippen LogP contribution < -0.4 is 10.6 Å². The lowest BCUT2D eigenvalue weighted by Crippen LogP contribution is -2.32. The molecule has 0 spiro atoms. The van der Waals surface area contributed by atoms with Gasteiger partial charge in [0.1, 0.15) is 6.04 Å². The summed E-state index contributed by atoms with van der Waals surface area (Å²) in [4.78, 5) is 20.8. The summed E-state index contributed by atoms with van der Waals surface area (Å²) in [5.41, 5.74) is 0.792. The lowest BCUT2D eigenvalue weighted by Gasteiger charge is -2.19. The van der Waals surface area contributed by atoms with Gasteiger partial charge in [0, 0.05) is 24.4 Å². The number of rotatable bonds is 7. The number of pyridine rings is 1. The van der Waals surface area contributed by atoms with Crippen LogP contribution in [-0.4, -0.2) is 34.1 Å². The molecular formula is C18H27Cl2N5O2. The molecule has 7 nitrogen and oxygen atoms in total. The van der Waals surface area contributed by atoms with Crippen LogP contribution in [0.1, 0.15) is 45.0 Å². The van der Waals surface area contributed by atoms with Gasteiger partial charge in [-0.1, -0.05) is 19.0 Å². The molecule has 1 fully saturated rings. The third-order valence-electron chi connectivity index (χ3n) is 4.55. The number of hydrogen-bond acceptors (Lipinski definition) is 6. The summed E-state index contributed by atoms with van der Waals surface area (Å²) in [5.74, 6) is 1.71. The first-order valence-electron chi connectivity index (χ1n) is 8.87. The molecule has 0 bridgehead atoms. The van der Waals surface area contributed by atoms with Crippen molar-refractivity contribution in [3.63, 3.8) is 0 Å². The molecule has 2 aromatic heterocycles. The molecular weight excluding hydrogens is 389 g/mol. The van der Waals surface area contributed by atoms with Crippen LogP contribution in [0.15, 0.2) is 29.0 Å². The molecule has 1 aliphatic rings. The van der Waals surface area contributed by atoms with Crippen LogP contribution in [0.2, 0.25) is 0 Å². The van der Waals surface area contributed by atoms with E-state index in [-0.39, 0.29) is 42.7 Å². The Labute approximate surface area is 171 Å². The van der Waals surface area contributed by atoms with Crippen molar-refractivity contribution in [1.82, 2.24) is 25.8 Å².